The molecule has 0 unspecified atom stereocenters. The number of hydrogen-bond donors (Lipinski definition) is 1. The first kappa shape index (κ1) is 9.39. The van der Waals surface area contributed by atoms with Crippen LogP contribution in [0.3, 0.4) is 0 Å². The van der Waals surface area contributed by atoms with Crippen molar-refractivity contribution in [3.05, 3.63) is 36.2 Å². The summed E-state index contributed by atoms with van der Waals surface area (Å²) >= 11 is 0. The number of aromatic nitrogens is 3. The van der Waals surface area contributed by atoms with Gasteiger partial charge in [-0.15, -0.1) is 0 Å². The predicted molar refractivity (Wildman–Crippen MR) is 53.4 cm³/mol. The van der Waals surface area contributed by atoms with Crippen LogP contribution in [0.4, 0.5) is 0 Å². The van der Waals surface area contributed by atoms with Gasteiger partial charge in [-0.2, -0.15) is 5.10 Å². The van der Waals surface area contributed by atoms with Crippen LogP contribution in [0.15, 0.2) is 30.5 Å². The molecule has 5 nitrogen and oxygen atoms in total. The minimum atomic E-state index is -1.03. The van der Waals surface area contributed by atoms with Crippen LogP contribution >= 0.6 is 0 Å². The maximum atomic E-state index is 10.7. The average molecular weight is 203 g/mol. The number of carboxylic acids is 1. The highest BCUT2D eigenvalue weighted by atomic mass is 16.4. The van der Waals surface area contributed by atoms with E-state index in [0.29, 0.717) is 5.69 Å². The van der Waals surface area contributed by atoms with E-state index in [0.717, 1.165) is 5.69 Å². The number of carbonyl (C=O) groups is 1. The predicted octanol–water partition coefficient (Wildman–Crippen LogP) is 1.18. The molecule has 0 aliphatic rings. The molecular weight excluding hydrogens is 194 g/mol. The van der Waals surface area contributed by atoms with E-state index in [9.17, 15) is 4.79 Å². The second-order valence-corrected chi connectivity index (χ2v) is 3.05. The smallest absolute Gasteiger partial charge is 0.354 e. The van der Waals surface area contributed by atoms with Gasteiger partial charge in [-0.05, 0) is 18.2 Å². The number of pyridine rings is 1. The quantitative estimate of drug-likeness (QED) is 0.795. The second-order valence-electron chi connectivity index (χ2n) is 3.05. The topological polar surface area (TPSA) is 68.0 Å². The fourth-order valence-corrected chi connectivity index (χ4v) is 1.32. The Kier molecular flexibility index (Phi) is 2.21. The Balaban J connectivity index is 2.50. The first-order valence-corrected chi connectivity index (χ1v) is 4.37. The summed E-state index contributed by atoms with van der Waals surface area (Å²) in [4.78, 5) is 14.7. The third kappa shape index (κ3) is 1.71. The lowest BCUT2D eigenvalue weighted by Gasteiger charge is -2.01. The van der Waals surface area contributed by atoms with Crippen molar-refractivity contribution in [2.45, 2.75) is 0 Å². The van der Waals surface area contributed by atoms with Gasteiger partial charge in [0, 0.05) is 13.2 Å². The minimum absolute atomic E-state index is 0.0358. The zero-order chi connectivity index (χ0) is 10.8. The zero-order valence-electron chi connectivity index (χ0n) is 8.08. The second kappa shape index (κ2) is 3.53. The van der Waals surface area contributed by atoms with Gasteiger partial charge in [0.15, 0.2) is 0 Å². The molecule has 0 aliphatic heterocycles. The van der Waals surface area contributed by atoms with Crippen molar-refractivity contribution in [2.24, 2.45) is 7.05 Å². The molecule has 5 heteroatoms. The molecule has 0 amide bonds. The standard InChI is InChI=1S/C10H9N3O2/c1-13-9(5-6-11-13)7-3-2-4-8(12-7)10(14)15/h2-6H,1H3,(H,14,15). The van der Waals surface area contributed by atoms with Crippen LogP contribution in [0, 0.1) is 0 Å². The molecule has 2 aromatic heterocycles. The summed E-state index contributed by atoms with van der Waals surface area (Å²) in [7, 11) is 1.78. The fourth-order valence-electron chi connectivity index (χ4n) is 1.32. The monoisotopic (exact) mass is 203 g/mol. The molecule has 0 spiro atoms. The van der Waals surface area contributed by atoms with E-state index in [2.05, 4.69) is 10.1 Å². The van der Waals surface area contributed by atoms with Gasteiger partial charge in [-0.25, -0.2) is 9.78 Å². The van der Waals surface area contributed by atoms with Crippen molar-refractivity contribution in [3.63, 3.8) is 0 Å². The lowest BCUT2D eigenvalue weighted by molar-refractivity contribution is 0.0690. The van der Waals surface area contributed by atoms with Crippen LogP contribution < -0.4 is 0 Å². The molecule has 0 bridgehead atoms. The van der Waals surface area contributed by atoms with Gasteiger partial charge in [0.2, 0.25) is 0 Å². The fraction of sp³-hybridized carbons (Fsp3) is 0.100. The summed E-state index contributed by atoms with van der Waals surface area (Å²) in [6.45, 7) is 0. The summed E-state index contributed by atoms with van der Waals surface area (Å²) in [5.41, 5.74) is 1.43. The van der Waals surface area contributed by atoms with Gasteiger partial charge in [0.05, 0.1) is 11.4 Å². The van der Waals surface area contributed by atoms with Gasteiger partial charge in [0.1, 0.15) is 5.69 Å². The molecule has 0 saturated carbocycles. The summed E-state index contributed by atoms with van der Waals surface area (Å²) in [5.74, 6) is -1.03. The van der Waals surface area contributed by atoms with Crippen molar-refractivity contribution in [2.75, 3.05) is 0 Å². The van der Waals surface area contributed by atoms with Crippen molar-refractivity contribution < 1.29 is 9.90 Å². The molecule has 0 aliphatic carbocycles. The van der Waals surface area contributed by atoms with E-state index >= 15 is 0 Å². The summed E-state index contributed by atoms with van der Waals surface area (Å²) in [6.07, 6.45) is 1.64. The normalized spacial score (nSPS) is 10.2. The van der Waals surface area contributed by atoms with Crippen molar-refractivity contribution in [3.8, 4) is 11.4 Å². The van der Waals surface area contributed by atoms with Crippen LogP contribution in [-0.4, -0.2) is 25.8 Å². The van der Waals surface area contributed by atoms with Crippen LogP contribution in [-0.2, 0) is 7.05 Å². The molecule has 2 aromatic rings. The van der Waals surface area contributed by atoms with Crippen molar-refractivity contribution >= 4 is 5.97 Å². The molecule has 15 heavy (non-hydrogen) atoms. The number of aromatic carboxylic acids is 1. The summed E-state index contributed by atoms with van der Waals surface area (Å²) in [5, 5.41) is 12.8. The molecule has 1 N–H and O–H groups in total. The Hall–Kier alpha value is -2.17. The lowest BCUT2D eigenvalue weighted by atomic mass is 10.2. The first-order valence-electron chi connectivity index (χ1n) is 4.37. The Morgan fingerprint density at radius 2 is 2.20 bits per heavy atom. The molecule has 0 fully saturated rings. The Bertz CT molecular complexity index is 505. The van der Waals surface area contributed by atoms with Gasteiger partial charge in [0.25, 0.3) is 0 Å². The Morgan fingerprint density at radius 1 is 1.40 bits per heavy atom. The number of aryl methyl sites for hydroxylation is 1. The number of carboxylic acid groups (broad SMARTS) is 1. The van der Waals surface area contributed by atoms with Crippen LogP contribution in [0.1, 0.15) is 10.5 Å². The summed E-state index contributed by atoms with van der Waals surface area (Å²) in [6, 6.07) is 6.67. The van der Waals surface area contributed by atoms with Gasteiger partial charge < -0.3 is 5.11 Å². The van der Waals surface area contributed by atoms with E-state index < -0.39 is 5.97 Å². The Morgan fingerprint density at radius 3 is 2.80 bits per heavy atom. The van der Waals surface area contributed by atoms with E-state index in [1.165, 1.54) is 6.07 Å². The van der Waals surface area contributed by atoms with E-state index in [4.69, 9.17) is 5.11 Å². The van der Waals surface area contributed by atoms with Crippen LogP contribution in [0.2, 0.25) is 0 Å². The van der Waals surface area contributed by atoms with Gasteiger partial charge >= 0.3 is 5.97 Å². The van der Waals surface area contributed by atoms with Gasteiger partial charge in [-0.3, -0.25) is 4.68 Å². The Labute approximate surface area is 86.0 Å². The molecule has 2 heterocycles. The van der Waals surface area contributed by atoms with Crippen LogP contribution in [0.5, 0.6) is 0 Å². The molecule has 0 radical (unpaired) electrons. The highest BCUT2D eigenvalue weighted by molar-refractivity contribution is 5.85. The highest BCUT2D eigenvalue weighted by Crippen LogP contribution is 2.15. The molecule has 76 valence electrons. The SMILES string of the molecule is Cn1nccc1-c1cccc(C(=O)O)n1. The van der Waals surface area contributed by atoms with Crippen molar-refractivity contribution in [1.29, 1.82) is 0 Å². The maximum Gasteiger partial charge on any atom is 0.354 e. The van der Waals surface area contributed by atoms with E-state index in [1.54, 1.807) is 36.1 Å². The third-order valence-electron chi connectivity index (χ3n) is 2.05. The number of rotatable bonds is 2. The lowest BCUT2D eigenvalue weighted by Crippen LogP contribution is -2.02. The van der Waals surface area contributed by atoms with Gasteiger partial charge in [-0.1, -0.05) is 6.07 Å². The summed E-state index contributed by atoms with van der Waals surface area (Å²) < 4.78 is 1.65. The van der Waals surface area contributed by atoms with E-state index in [1.807, 2.05) is 0 Å². The average Bonchev–Trinajstić information content (AvgIpc) is 2.64. The van der Waals surface area contributed by atoms with Crippen molar-refractivity contribution in [1.82, 2.24) is 14.8 Å². The molecule has 0 aromatic carbocycles. The highest BCUT2D eigenvalue weighted by Gasteiger charge is 2.08. The largest absolute Gasteiger partial charge is 0.477 e. The molecule has 0 atom stereocenters. The molecule has 2 rings (SSSR count). The zero-order valence-corrected chi connectivity index (χ0v) is 8.08. The third-order valence-corrected chi connectivity index (χ3v) is 2.05. The first-order chi connectivity index (χ1) is 7.18. The van der Waals surface area contributed by atoms with E-state index in [-0.39, 0.29) is 5.69 Å². The number of nitrogens with zero attached hydrogens (tertiary/aromatic N) is 3. The number of hydrogen-bond acceptors (Lipinski definition) is 3. The van der Waals surface area contributed by atoms with Crippen LogP contribution in [0.25, 0.3) is 11.4 Å². The molecule has 0 saturated heterocycles. The molecular formula is C10H9N3O2. The maximum absolute atomic E-state index is 10.7. The minimum Gasteiger partial charge on any atom is -0.477 e.